The fraction of sp³-hybridized carbons (Fsp3) is 0.150. The molecule has 0 atom stereocenters. The Kier molecular flexibility index (Phi) is 6.17. The monoisotopic (exact) mass is 452 g/mol. The first-order valence-electron chi connectivity index (χ1n) is 8.50. The number of amides is 4. The highest BCUT2D eigenvalue weighted by Gasteiger charge is 2.37. The first-order chi connectivity index (χ1) is 13.7. The van der Waals surface area contributed by atoms with E-state index in [0.717, 1.165) is 4.90 Å². The summed E-state index contributed by atoms with van der Waals surface area (Å²) < 4.78 is 5.57. The number of hydrogen-bond acceptors (Lipinski definition) is 4. The molecular formula is C20H15Cl3N2O4. The SMILES string of the molecule is CC(C)Oc1ccc(/C=C2\C(=O)NC(=O)N(c3ccc(Cl)c(Cl)c3)C2=O)cc1Cl. The van der Waals surface area contributed by atoms with Crippen molar-refractivity contribution in [2.24, 2.45) is 0 Å². The van der Waals surface area contributed by atoms with Crippen molar-refractivity contribution < 1.29 is 19.1 Å². The van der Waals surface area contributed by atoms with Gasteiger partial charge in [-0.2, -0.15) is 0 Å². The third-order valence-corrected chi connectivity index (χ3v) is 4.93. The molecule has 0 aromatic heterocycles. The maximum Gasteiger partial charge on any atom is 0.335 e. The molecule has 1 heterocycles. The minimum absolute atomic E-state index is 0.0619. The Balaban J connectivity index is 1.97. The van der Waals surface area contributed by atoms with Crippen LogP contribution in [-0.2, 0) is 9.59 Å². The highest BCUT2D eigenvalue weighted by Crippen LogP contribution is 2.30. The van der Waals surface area contributed by atoms with Gasteiger partial charge in [0.2, 0.25) is 0 Å². The zero-order valence-electron chi connectivity index (χ0n) is 15.3. The summed E-state index contributed by atoms with van der Waals surface area (Å²) in [6.07, 6.45) is 1.29. The van der Waals surface area contributed by atoms with Crippen molar-refractivity contribution in [1.29, 1.82) is 0 Å². The van der Waals surface area contributed by atoms with Gasteiger partial charge in [-0.25, -0.2) is 9.69 Å². The van der Waals surface area contributed by atoms with Gasteiger partial charge in [0.05, 0.1) is 26.9 Å². The van der Waals surface area contributed by atoms with E-state index in [1.54, 1.807) is 18.2 Å². The molecular weight excluding hydrogens is 439 g/mol. The van der Waals surface area contributed by atoms with Crippen molar-refractivity contribution in [1.82, 2.24) is 5.32 Å². The van der Waals surface area contributed by atoms with Gasteiger partial charge in [0.25, 0.3) is 11.8 Å². The van der Waals surface area contributed by atoms with Crippen LogP contribution in [0.1, 0.15) is 19.4 Å². The summed E-state index contributed by atoms with van der Waals surface area (Å²) >= 11 is 18.1. The van der Waals surface area contributed by atoms with Crippen molar-refractivity contribution >= 4 is 64.4 Å². The molecule has 0 saturated carbocycles. The minimum atomic E-state index is -0.880. The lowest BCUT2D eigenvalue weighted by Gasteiger charge is -2.26. The first kappa shape index (κ1) is 21.2. The fourth-order valence-corrected chi connectivity index (χ4v) is 3.16. The predicted molar refractivity (Wildman–Crippen MR) is 113 cm³/mol. The number of ether oxygens (including phenoxy) is 1. The van der Waals surface area contributed by atoms with Gasteiger partial charge in [0, 0.05) is 0 Å². The van der Waals surface area contributed by atoms with Crippen molar-refractivity contribution in [2.45, 2.75) is 20.0 Å². The molecule has 1 aliphatic heterocycles. The van der Waals surface area contributed by atoms with E-state index in [-0.39, 0.29) is 27.4 Å². The van der Waals surface area contributed by atoms with Gasteiger partial charge in [-0.15, -0.1) is 0 Å². The molecule has 0 unspecified atom stereocenters. The number of carbonyl (C=O) groups is 3. The van der Waals surface area contributed by atoms with Gasteiger partial charge in [0.15, 0.2) is 0 Å². The summed E-state index contributed by atoms with van der Waals surface area (Å²) in [4.78, 5) is 38.2. The summed E-state index contributed by atoms with van der Waals surface area (Å²) in [5.74, 6) is -1.12. The van der Waals surface area contributed by atoms with Crippen molar-refractivity contribution in [3.8, 4) is 5.75 Å². The number of rotatable bonds is 4. The second-order valence-corrected chi connectivity index (χ2v) is 7.63. The molecule has 29 heavy (non-hydrogen) atoms. The topological polar surface area (TPSA) is 75.7 Å². The number of nitrogens with zero attached hydrogens (tertiary/aromatic N) is 1. The van der Waals surface area contributed by atoms with E-state index in [2.05, 4.69) is 5.32 Å². The van der Waals surface area contributed by atoms with Gasteiger partial charge in [0.1, 0.15) is 11.3 Å². The number of hydrogen-bond donors (Lipinski definition) is 1. The van der Waals surface area contributed by atoms with Crippen LogP contribution in [0.25, 0.3) is 6.08 Å². The molecule has 1 saturated heterocycles. The normalized spacial score (nSPS) is 15.9. The molecule has 1 aliphatic rings. The lowest BCUT2D eigenvalue weighted by Crippen LogP contribution is -2.54. The smallest absolute Gasteiger partial charge is 0.335 e. The number of anilines is 1. The average Bonchev–Trinajstić information content (AvgIpc) is 2.63. The molecule has 150 valence electrons. The van der Waals surface area contributed by atoms with E-state index in [9.17, 15) is 14.4 Å². The maximum absolute atomic E-state index is 12.9. The van der Waals surface area contributed by atoms with Crippen LogP contribution in [0.15, 0.2) is 42.0 Å². The molecule has 2 aromatic rings. The Hall–Kier alpha value is -2.54. The maximum atomic E-state index is 12.9. The highest BCUT2D eigenvalue weighted by molar-refractivity contribution is 6.43. The van der Waals surface area contributed by atoms with Crippen LogP contribution in [0.4, 0.5) is 10.5 Å². The Labute approximate surface area is 182 Å². The molecule has 0 aliphatic carbocycles. The first-order valence-corrected chi connectivity index (χ1v) is 9.63. The Morgan fingerprint density at radius 2 is 1.69 bits per heavy atom. The van der Waals surface area contributed by atoms with E-state index in [1.165, 1.54) is 24.3 Å². The van der Waals surface area contributed by atoms with Gasteiger partial charge >= 0.3 is 6.03 Å². The Bertz CT molecular complexity index is 1050. The minimum Gasteiger partial charge on any atom is -0.489 e. The third kappa shape index (κ3) is 4.56. The number of carbonyl (C=O) groups excluding carboxylic acids is 3. The van der Waals surface area contributed by atoms with Crippen LogP contribution in [-0.4, -0.2) is 23.9 Å². The van der Waals surface area contributed by atoms with Crippen LogP contribution in [0.2, 0.25) is 15.1 Å². The molecule has 9 heteroatoms. The van der Waals surface area contributed by atoms with Crippen LogP contribution in [0.3, 0.4) is 0 Å². The molecule has 6 nitrogen and oxygen atoms in total. The van der Waals surface area contributed by atoms with Crippen LogP contribution in [0.5, 0.6) is 5.75 Å². The molecule has 2 aromatic carbocycles. The summed E-state index contributed by atoms with van der Waals surface area (Å²) in [5.41, 5.74) is 0.441. The van der Waals surface area contributed by atoms with Crippen LogP contribution < -0.4 is 15.0 Å². The zero-order valence-corrected chi connectivity index (χ0v) is 17.6. The van der Waals surface area contributed by atoms with E-state index < -0.39 is 17.8 Å². The van der Waals surface area contributed by atoms with Gasteiger partial charge < -0.3 is 4.74 Å². The molecule has 3 rings (SSSR count). The van der Waals surface area contributed by atoms with E-state index in [4.69, 9.17) is 39.5 Å². The Morgan fingerprint density at radius 3 is 2.31 bits per heavy atom. The van der Waals surface area contributed by atoms with E-state index in [0.29, 0.717) is 16.3 Å². The molecule has 1 N–H and O–H groups in total. The van der Waals surface area contributed by atoms with Gasteiger partial charge in [-0.05, 0) is 55.8 Å². The average molecular weight is 454 g/mol. The summed E-state index contributed by atoms with van der Waals surface area (Å²) in [5, 5.41) is 2.90. The number of nitrogens with one attached hydrogen (secondary N) is 1. The highest BCUT2D eigenvalue weighted by atomic mass is 35.5. The number of barbiturate groups is 1. The fourth-order valence-electron chi connectivity index (χ4n) is 2.64. The third-order valence-electron chi connectivity index (χ3n) is 3.89. The van der Waals surface area contributed by atoms with E-state index in [1.807, 2.05) is 13.8 Å². The Morgan fingerprint density at radius 1 is 0.966 bits per heavy atom. The molecule has 0 bridgehead atoms. The van der Waals surface area contributed by atoms with Crippen molar-refractivity contribution in [3.05, 3.63) is 62.6 Å². The molecule has 1 fully saturated rings. The zero-order chi connectivity index (χ0) is 21.3. The van der Waals surface area contributed by atoms with E-state index >= 15 is 0 Å². The summed E-state index contributed by atoms with van der Waals surface area (Å²) in [7, 11) is 0. The number of urea groups is 1. The standard InChI is InChI=1S/C20H15Cl3N2O4/c1-10(2)29-17-6-3-11(8-16(17)23)7-13-18(26)24-20(28)25(19(13)27)12-4-5-14(21)15(22)9-12/h3-10H,1-2H3,(H,24,26,28)/b13-7+. The second kappa shape index (κ2) is 8.45. The van der Waals surface area contributed by atoms with Gasteiger partial charge in [-0.1, -0.05) is 40.9 Å². The largest absolute Gasteiger partial charge is 0.489 e. The molecule has 4 amide bonds. The number of imide groups is 2. The second-order valence-electron chi connectivity index (χ2n) is 6.41. The van der Waals surface area contributed by atoms with Crippen molar-refractivity contribution in [2.75, 3.05) is 4.90 Å². The number of benzene rings is 2. The summed E-state index contributed by atoms with van der Waals surface area (Å²) in [6, 6.07) is 8.24. The molecule has 0 spiro atoms. The van der Waals surface area contributed by atoms with Crippen LogP contribution >= 0.6 is 34.8 Å². The predicted octanol–water partition coefficient (Wildman–Crippen LogP) is 5.10. The lowest BCUT2D eigenvalue weighted by atomic mass is 10.1. The number of halogens is 3. The van der Waals surface area contributed by atoms with Crippen LogP contribution in [0, 0.1) is 0 Å². The van der Waals surface area contributed by atoms with Gasteiger partial charge in [-0.3, -0.25) is 14.9 Å². The van der Waals surface area contributed by atoms with Crippen molar-refractivity contribution in [3.63, 3.8) is 0 Å². The quantitative estimate of drug-likeness (QED) is 0.516. The lowest BCUT2D eigenvalue weighted by molar-refractivity contribution is -0.122. The molecule has 0 radical (unpaired) electrons. The summed E-state index contributed by atoms with van der Waals surface area (Å²) in [6.45, 7) is 3.73.